The minimum absolute atomic E-state index is 0.0806. The van der Waals surface area contributed by atoms with Crippen molar-refractivity contribution < 1.29 is 9.18 Å². The number of benzene rings is 2. The Labute approximate surface area is 182 Å². The van der Waals surface area contributed by atoms with Gasteiger partial charge in [-0.25, -0.2) is 4.39 Å². The Hall–Kier alpha value is -2.84. The van der Waals surface area contributed by atoms with E-state index in [4.69, 9.17) is 11.6 Å². The van der Waals surface area contributed by atoms with Gasteiger partial charge in [-0.2, -0.15) is 5.26 Å². The number of anilines is 2. The van der Waals surface area contributed by atoms with Gasteiger partial charge in [0.25, 0.3) is 5.91 Å². The second kappa shape index (κ2) is 8.12. The molecule has 0 aromatic heterocycles. The number of nitriles is 1. The second-order valence-electron chi connectivity index (χ2n) is 8.45. The number of carbonyl (C=O) groups excluding carboxylic acids is 1. The van der Waals surface area contributed by atoms with Gasteiger partial charge >= 0.3 is 0 Å². The fourth-order valence-corrected chi connectivity index (χ4v) is 4.13. The summed E-state index contributed by atoms with van der Waals surface area (Å²) in [5.74, 6) is -0.844. The number of hydrogen-bond donors (Lipinski definition) is 1. The topological polar surface area (TPSA) is 56.1 Å². The number of halogens is 2. The molecule has 156 valence electrons. The molecule has 0 bridgehead atoms. The molecule has 1 unspecified atom stereocenters. The number of rotatable bonds is 3. The Bertz CT molecular complexity index is 1080. The summed E-state index contributed by atoms with van der Waals surface area (Å²) in [6, 6.07) is 10.3. The molecule has 1 atom stereocenters. The van der Waals surface area contributed by atoms with E-state index in [0.29, 0.717) is 16.3 Å². The summed E-state index contributed by atoms with van der Waals surface area (Å²) in [5.41, 5.74) is 3.02. The highest BCUT2D eigenvalue weighted by Gasteiger charge is 2.34. The average Bonchev–Trinajstić information content (AvgIpc) is 2.68. The zero-order valence-corrected chi connectivity index (χ0v) is 18.6. The monoisotopic (exact) mass is 425 g/mol. The molecular weight excluding hydrogens is 401 g/mol. The summed E-state index contributed by atoms with van der Waals surface area (Å²) in [6.45, 7) is 8.15. The van der Waals surface area contributed by atoms with Gasteiger partial charge in [-0.05, 0) is 74.6 Å². The molecule has 0 fully saturated rings. The molecule has 2 aromatic carbocycles. The van der Waals surface area contributed by atoms with Crippen molar-refractivity contribution in [2.45, 2.75) is 45.6 Å². The van der Waals surface area contributed by atoms with Crippen LogP contribution in [0.15, 0.2) is 35.9 Å². The van der Waals surface area contributed by atoms with Crippen LogP contribution in [-0.4, -0.2) is 18.5 Å². The van der Waals surface area contributed by atoms with Crippen molar-refractivity contribution in [1.82, 2.24) is 0 Å². The van der Waals surface area contributed by atoms with Crippen LogP contribution < -0.4 is 10.2 Å². The lowest BCUT2D eigenvalue weighted by molar-refractivity contribution is -0.112. The molecule has 0 radical (unpaired) electrons. The van der Waals surface area contributed by atoms with Gasteiger partial charge in [0.1, 0.15) is 17.5 Å². The number of hydrogen-bond acceptors (Lipinski definition) is 3. The minimum atomic E-state index is -0.605. The molecule has 0 spiro atoms. The van der Waals surface area contributed by atoms with Crippen molar-refractivity contribution >= 4 is 35.0 Å². The van der Waals surface area contributed by atoms with Gasteiger partial charge in [0.05, 0.1) is 0 Å². The third-order valence-electron chi connectivity index (χ3n) is 5.93. The lowest BCUT2D eigenvalue weighted by atomic mass is 9.80. The van der Waals surface area contributed by atoms with Gasteiger partial charge in [0.15, 0.2) is 0 Å². The average molecular weight is 426 g/mol. The van der Waals surface area contributed by atoms with Crippen molar-refractivity contribution in [1.29, 1.82) is 5.26 Å². The lowest BCUT2D eigenvalue weighted by Gasteiger charge is -2.45. The SMILES string of the molecule is Cc1c(Cl)cccc1NC(=O)/C(C#N)=C/c1cc2c(cc1F)N(C)C(C)(C)CC2C. The van der Waals surface area contributed by atoms with Gasteiger partial charge in [-0.1, -0.05) is 24.6 Å². The molecular formula is C24H25ClFN3O. The quantitative estimate of drug-likeness (QED) is 0.480. The standard InChI is InChI=1S/C24H25ClFN3O/c1-14-12-24(3,4)29(5)22-11-20(26)16(10-18(14)22)9-17(13-27)23(30)28-21-8-6-7-19(25)15(21)2/h6-11,14H,12H2,1-5H3,(H,28,30)/b17-9+. The van der Waals surface area contributed by atoms with Crippen LogP contribution in [0, 0.1) is 24.1 Å². The molecule has 1 N–H and O–H groups in total. The molecule has 1 heterocycles. The molecule has 2 aromatic rings. The molecule has 1 aliphatic rings. The number of nitrogens with zero attached hydrogens (tertiary/aromatic N) is 2. The van der Waals surface area contributed by atoms with E-state index < -0.39 is 11.7 Å². The van der Waals surface area contributed by atoms with Crippen LogP contribution in [0.25, 0.3) is 6.08 Å². The predicted octanol–water partition coefficient (Wildman–Crippen LogP) is 6.06. The number of carbonyl (C=O) groups is 1. The maximum Gasteiger partial charge on any atom is 0.266 e. The maximum atomic E-state index is 14.9. The summed E-state index contributed by atoms with van der Waals surface area (Å²) < 4.78 is 14.9. The zero-order chi connectivity index (χ0) is 22.2. The Morgan fingerprint density at radius 2 is 2.10 bits per heavy atom. The first-order chi connectivity index (χ1) is 14.0. The van der Waals surface area contributed by atoms with Crippen LogP contribution in [0.1, 0.15) is 49.8 Å². The molecule has 3 rings (SSSR count). The normalized spacial score (nSPS) is 17.9. The van der Waals surface area contributed by atoms with Crippen LogP contribution in [0.4, 0.5) is 15.8 Å². The molecule has 0 saturated carbocycles. The first-order valence-corrected chi connectivity index (χ1v) is 10.2. The molecule has 4 nitrogen and oxygen atoms in total. The summed E-state index contributed by atoms with van der Waals surface area (Å²) in [7, 11) is 1.96. The number of nitrogens with one attached hydrogen (secondary N) is 1. The summed E-state index contributed by atoms with van der Waals surface area (Å²) in [5, 5.41) is 12.7. The predicted molar refractivity (Wildman–Crippen MR) is 120 cm³/mol. The first kappa shape index (κ1) is 21.9. The molecule has 0 aliphatic carbocycles. The van der Waals surface area contributed by atoms with Gasteiger partial charge in [0.2, 0.25) is 0 Å². The van der Waals surface area contributed by atoms with Gasteiger partial charge in [-0.3, -0.25) is 4.79 Å². The number of amides is 1. The summed E-state index contributed by atoms with van der Waals surface area (Å²) in [6.07, 6.45) is 2.22. The van der Waals surface area contributed by atoms with Gasteiger partial charge in [-0.15, -0.1) is 0 Å². The largest absolute Gasteiger partial charge is 0.369 e. The molecule has 1 aliphatic heterocycles. The highest BCUT2D eigenvalue weighted by atomic mass is 35.5. The molecule has 30 heavy (non-hydrogen) atoms. The van der Waals surface area contributed by atoms with E-state index in [9.17, 15) is 14.4 Å². The fourth-order valence-electron chi connectivity index (χ4n) is 3.95. The number of fused-ring (bicyclic) bond motifs is 1. The van der Waals surface area contributed by atoms with E-state index in [-0.39, 0.29) is 22.6 Å². The van der Waals surface area contributed by atoms with E-state index in [1.165, 1.54) is 12.1 Å². The van der Waals surface area contributed by atoms with Crippen molar-refractivity contribution in [2.75, 3.05) is 17.3 Å². The summed E-state index contributed by atoms with van der Waals surface area (Å²) >= 11 is 6.09. The van der Waals surface area contributed by atoms with Crippen molar-refractivity contribution in [2.24, 2.45) is 0 Å². The Morgan fingerprint density at radius 3 is 2.77 bits per heavy atom. The van der Waals surface area contributed by atoms with E-state index in [1.54, 1.807) is 31.2 Å². The maximum absolute atomic E-state index is 14.9. The molecule has 1 amide bonds. The fraction of sp³-hybridized carbons (Fsp3) is 0.333. The van der Waals surface area contributed by atoms with E-state index in [0.717, 1.165) is 17.7 Å². The highest BCUT2D eigenvalue weighted by molar-refractivity contribution is 6.31. The van der Waals surface area contributed by atoms with Crippen LogP contribution >= 0.6 is 11.6 Å². The van der Waals surface area contributed by atoms with Gasteiger partial charge < -0.3 is 10.2 Å². The van der Waals surface area contributed by atoms with Crippen LogP contribution in [-0.2, 0) is 4.79 Å². The van der Waals surface area contributed by atoms with Crippen molar-refractivity contribution in [3.63, 3.8) is 0 Å². The molecule has 6 heteroatoms. The van der Waals surface area contributed by atoms with E-state index in [2.05, 4.69) is 31.0 Å². The van der Waals surface area contributed by atoms with Crippen LogP contribution in [0.5, 0.6) is 0 Å². The Morgan fingerprint density at radius 1 is 1.40 bits per heavy atom. The minimum Gasteiger partial charge on any atom is -0.369 e. The van der Waals surface area contributed by atoms with E-state index >= 15 is 0 Å². The van der Waals surface area contributed by atoms with E-state index in [1.807, 2.05) is 13.1 Å². The first-order valence-electron chi connectivity index (χ1n) is 9.80. The third kappa shape index (κ3) is 4.06. The Balaban J connectivity index is 1.97. The molecule has 0 saturated heterocycles. The Kier molecular flexibility index (Phi) is 5.92. The van der Waals surface area contributed by atoms with Crippen molar-refractivity contribution in [3.05, 3.63) is 63.4 Å². The van der Waals surface area contributed by atoms with Gasteiger partial charge in [0, 0.05) is 34.5 Å². The lowest BCUT2D eigenvalue weighted by Crippen LogP contribution is -2.45. The highest BCUT2D eigenvalue weighted by Crippen LogP contribution is 2.43. The summed E-state index contributed by atoms with van der Waals surface area (Å²) in [4.78, 5) is 14.7. The zero-order valence-electron chi connectivity index (χ0n) is 17.8. The van der Waals surface area contributed by atoms with Crippen molar-refractivity contribution in [3.8, 4) is 6.07 Å². The van der Waals surface area contributed by atoms with Crippen LogP contribution in [0.2, 0.25) is 5.02 Å². The second-order valence-corrected chi connectivity index (χ2v) is 8.85. The third-order valence-corrected chi connectivity index (χ3v) is 6.34. The smallest absolute Gasteiger partial charge is 0.266 e. The van der Waals surface area contributed by atoms with Crippen LogP contribution in [0.3, 0.4) is 0 Å².